The topological polar surface area (TPSA) is 114 Å². The fraction of sp³-hybridized carbons (Fsp3) is 0.600. The van der Waals surface area contributed by atoms with Crippen LogP contribution >= 0.6 is 0 Å². The van der Waals surface area contributed by atoms with Crippen molar-refractivity contribution in [3.63, 3.8) is 0 Å². The van der Waals surface area contributed by atoms with Gasteiger partial charge in [0.2, 0.25) is 11.8 Å². The first-order valence-corrected chi connectivity index (χ1v) is 11.2. The minimum Gasteiger partial charge on any atom is -0.468 e. The first-order valence-electron chi connectivity index (χ1n) is 11.2. The molecule has 34 heavy (non-hydrogen) atoms. The lowest BCUT2D eigenvalue weighted by atomic mass is 9.91. The first-order chi connectivity index (χ1) is 15.5. The van der Waals surface area contributed by atoms with E-state index >= 15 is 0 Å². The van der Waals surface area contributed by atoms with Crippen LogP contribution in [0, 0.1) is 13.8 Å². The third-order valence-electron chi connectivity index (χ3n) is 5.15. The van der Waals surface area contributed by atoms with Crippen LogP contribution in [-0.2, 0) is 23.9 Å². The number of hydrogen-bond acceptors (Lipinski definition) is 6. The molecule has 0 aliphatic rings. The Balaban J connectivity index is 3.47. The van der Waals surface area contributed by atoms with Gasteiger partial charge in [0.25, 0.3) is 0 Å². The summed E-state index contributed by atoms with van der Waals surface area (Å²) in [7, 11) is 1.23. The Hall–Kier alpha value is -3.10. The van der Waals surface area contributed by atoms with Crippen LogP contribution in [-0.4, -0.2) is 59.6 Å². The molecule has 0 aliphatic carbocycles. The van der Waals surface area contributed by atoms with E-state index in [9.17, 15) is 19.2 Å². The van der Waals surface area contributed by atoms with Crippen molar-refractivity contribution < 1.29 is 28.7 Å². The summed E-state index contributed by atoms with van der Waals surface area (Å²) in [6.07, 6.45) is -0.736. The van der Waals surface area contributed by atoms with Gasteiger partial charge >= 0.3 is 12.1 Å². The van der Waals surface area contributed by atoms with E-state index in [-0.39, 0.29) is 6.54 Å². The molecule has 2 unspecified atom stereocenters. The average molecular weight is 478 g/mol. The largest absolute Gasteiger partial charge is 0.468 e. The van der Waals surface area contributed by atoms with E-state index < -0.39 is 47.1 Å². The molecule has 0 heterocycles. The number of benzene rings is 1. The van der Waals surface area contributed by atoms with Crippen LogP contribution < -0.4 is 10.6 Å². The van der Waals surface area contributed by atoms with Gasteiger partial charge in [-0.1, -0.05) is 18.2 Å². The number of amides is 3. The molecule has 190 valence electrons. The van der Waals surface area contributed by atoms with E-state index in [1.54, 1.807) is 47.6 Å². The van der Waals surface area contributed by atoms with Crippen molar-refractivity contribution in [2.24, 2.45) is 0 Å². The lowest BCUT2D eigenvalue weighted by molar-refractivity contribution is -0.149. The zero-order valence-corrected chi connectivity index (χ0v) is 22.0. The molecule has 2 atom stereocenters. The van der Waals surface area contributed by atoms with Gasteiger partial charge < -0.3 is 25.0 Å². The van der Waals surface area contributed by atoms with E-state index in [2.05, 4.69) is 15.4 Å². The quantitative estimate of drug-likeness (QED) is 0.583. The number of carbonyl (C=O) groups is 4. The Morgan fingerprint density at radius 2 is 1.62 bits per heavy atom. The van der Waals surface area contributed by atoms with Crippen molar-refractivity contribution in [3.8, 4) is 0 Å². The molecule has 1 rings (SSSR count). The van der Waals surface area contributed by atoms with E-state index in [1.807, 2.05) is 26.0 Å². The molecule has 0 saturated heterocycles. The van der Waals surface area contributed by atoms with E-state index in [4.69, 9.17) is 4.74 Å². The van der Waals surface area contributed by atoms with Gasteiger partial charge in [-0.3, -0.25) is 14.4 Å². The number of esters is 1. The molecule has 3 amide bonds. The molecule has 0 aromatic heterocycles. The molecule has 0 spiro atoms. The van der Waals surface area contributed by atoms with Gasteiger partial charge in [-0.2, -0.15) is 0 Å². The summed E-state index contributed by atoms with van der Waals surface area (Å²) in [6.45, 7) is 15.6. The Morgan fingerprint density at radius 1 is 1.03 bits per heavy atom. The Morgan fingerprint density at radius 3 is 2.12 bits per heavy atom. The molecule has 9 heteroatoms. The van der Waals surface area contributed by atoms with Crippen LogP contribution in [0.1, 0.15) is 71.2 Å². The molecule has 0 fully saturated rings. The number of hydrogen-bond donors (Lipinski definition) is 2. The predicted molar refractivity (Wildman–Crippen MR) is 129 cm³/mol. The number of carbonyl (C=O) groups excluding carboxylic acids is 4. The van der Waals surface area contributed by atoms with Crippen molar-refractivity contribution in [2.75, 3.05) is 13.7 Å². The number of aryl methyl sites for hydroxylation is 1. The highest BCUT2D eigenvalue weighted by molar-refractivity contribution is 5.93. The molecule has 0 aliphatic heterocycles. The van der Waals surface area contributed by atoms with Gasteiger partial charge in [0.15, 0.2) is 0 Å². The predicted octanol–water partition coefficient (Wildman–Crippen LogP) is 3.17. The van der Waals surface area contributed by atoms with Crippen molar-refractivity contribution >= 4 is 23.9 Å². The van der Waals surface area contributed by atoms with Gasteiger partial charge in [0.05, 0.1) is 7.11 Å². The second kappa shape index (κ2) is 11.4. The standard InChI is InChI=1S/C25H39N3O6/c1-15-12-11-13-18(16(15)2)20(21(30)26-14-19(29)33-10)28(24(4,5)6)22(31)17(3)27-23(32)34-25(7,8)9/h11-13,17,20H,14H2,1-10H3,(H,26,30)(H,27,32). The summed E-state index contributed by atoms with van der Waals surface area (Å²) in [5.74, 6) is -1.62. The zero-order valence-electron chi connectivity index (χ0n) is 22.0. The molecule has 1 aromatic carbocycles. The summed E-state index contributed by atoms with van der Waals surface area (Å²) in [5, 5.41) is 5.14. The Kier molecular flexibility index (Phi) is 9.66. The summed E-state index contributed by atoms with van der Waals surface area (Å²) >= 11 is 0. The van der Waals surface area contributed by atoms with Crippen LogP contribution in [0.25, 0.3) is 0 Å². The van der Waals surface area contributed by atoms with Crippen molar-refractivity contribution in [1.29, 1.82) is 0 Å². The van der Waals surface area contributed by atoms with Gasteiger partial charge in [-0.25, -0.2) is 4.79 Å². The SMILES string of the molecule is COC(=O)CNC(=O)C(c1cccc(C)c1C)N(C(=O)C(C)NC(=O)OC(C)(C)C)C(C)(C)C. The summed E-state index contributed by atoms with van der Waals surface area (Å²) in [4.78, 5) is 52.5. The zero-order chi connectivity index (χ0) is 26.4. The second-order valence-electron chi connectivity index (χ2n) is 10.2. The fourth-order valence-electron chi connectivity index (χ4n) is 3.40. The molecule has 0 radical (unpaired) electrons. The molecule has 2 N–H and O–H groups in total. The highest BCUT2D eigenvalue weighted by Crippen LogP contribution is 2.32. The smallest absolute Gasteiger partial charge is 0.408 e. The maximum absolute atomic E-state index is 13.7. The first kappa shape index (κ1) is 28.9. The number of alkyl carbamates (subject to hydrolysis) is 1. The number of methoxy groups -OCH3 is 1. The van der Waals surface area contributed by atoms with Crippen LogP contribution in [0.4, 0.5) is 4.79 Å². The van der Waals surface area contributed by atoms with Crippen molar-refractivity contribution in [2.45, 2.75) is 85.5 Å². The van der Waals surface area contributed by atoms with Crippen LogP contribution in [0.5, 0.6) is 0 Å². The van der Waals surface area contributed by atoms with E-state index in [0.29, 0.717) is 5.56 Å². The second-order valence-corrected chi connectivity index (χ2v) is 10.2. The summed E-state index contributed by atoms with van der Waals surface area (Å²) in [5.41, 5.74) is 0.866. The van der Waals surface area contributed by atoms with Gasteiger partial charge in [0.1, 0.15) is 24.2 Å². The van der Waals surface area contributed by atoms with Crippen molar-refractivity contribution in [1.82, 2.24) is 15.5 Å². The third kappa shape index (κ3) is 8.04. The highest BCUT2D eigenvalue weighted by atomic mass is 16.6. The molecule has 9 nitrogen and oxygen atoms in total. The van der Waals surface area contributed by atoms with Crippen LogP contribution in [0.15, 0.2) is 18.2 Å². The Bertz CT molecular complexity index is 914. The third-order valence-corrected chi connectivity index (χ3v) is 5.15. The monoisotopic (exact) mass is 477 g/mol. The minimum atomic E-state index is -1.06. The molecule has 0 bridgehead atoms. The van der Waals surface area contributed by atoms with Crippen LogP contribution in [0.3, 0.4) is 0 Å². The average Bonchev–Trinajstić information content (AvgIpc) is 2.69. The number of nitrogens with zero attached hydrogens (tertiary/aromatic N) is 1. The highest BCUT2D eigenvalue weighted by Gasteiger charge is 2.41. The van der Waals surface area contributed by atoms with Gasteiger partial charge in [-0.15, -0.1) is 0 Å². The summed E-state index contributed by atoms with van der Waals surface area (Å²) in [6, 6.07) is 3.47. The van der Waals surface area contributed by atoms with Crippen molar-refractivity contribution in [3.05, 3.63) is 34.9 Å². The fourth-order valence-corrected chi connectivity index (χ4v) is 3.40. The summed E-state index contributed by atoms with van der Waals surface area (Å²) < 4.78 is 9.91. The van der Waals surface area contributed by atoms with Crippen LogP contribution in [0.2, 0.25) is 0 Å². The van der Waals surface area contributed by atoms with Gasteiger partial charge in [0, 0.05) is 5.54 Å². The number of rotatable bonds is 7. The van der Waals surface area contributed by atoms with E-state index in [0.717, 1.165) is 11.1 Å². The number of ether oxygens (including phenoxy) is 2. The van der Waals surface area contributed by atoms with E-state index in [1.165, 1.54) is 18.9 Å². The maximum Gasteiger partial charge on any atom is 0.408 e. The maximum atomic E-state index is 13.7. The minimum absolute atomic E-state index is 0.339. The molecular formula is C25H39N3O6. The molecular weight excluding hydrogens is 438 g/mol. The number of nitrogens with one attached hydrogen (secondary N) is 2. The molecule has 1 aromatic rings. The van der Waals surface area contributed by atoms with Gasteiger partial charge in [-0.05, 0) is 79.0 Å². The Labute approximate surface area is 202 Å². The lowest BCUT2D eigenvalue weighted by Gasteiger charge is -2.43. The lowest BCUT2D eigenvalue weighted by Crippen LogP contribution is -2.58. The molecule has 0 saturated carbocycles. The normalized spacial score (nSPS) is 13.4.